The van der Waals surface area contributed by atoms with Gasteiger partial charge in [0.15, 0.2) is 0 Å². The van der Waals surface area contributed by atoms with Crippen molar-refractivity contribution in [3.05, 3.63) is 0 Å². The Kier molecular flexibility index (Phi) is 11.2. The number of carbonyl (C=O) groups excluding carboxylic acids is 1. The zero-order valence-corrected chi connectivity index (χ0v) is 15.1. The molecule has 0 aromatic rings. The molecule has 5 heteroatoms. The van der Waals surface area contributed by atoms with Crippen LogP contribution in [0.5, 0.6) is 0 Å². The van der Waals surface area contributed by atoms with Crippen LogP contribution in [0.2, 0.25) is 0 Å². The summed E-state index contributed by atoms with van der Waals surface area (Å²) < 4.78 is 5.20. The lowest BCUT2D eigenvalue weighted by Crippen LogP contribution is -2.53. The van der Waals surface area contributed by atoms with Crippen LogP contribution in [0.4, 0.5) is 0 Å². The van der Waals surface area contributed by atoms with Crippen LogP contribution in [0, 0.1) is 5.92 Å². The van der Waals surface area contributed by atoms with Gasteiger partial charge in [-0.1, -0.05) is 13.3 Å². The lowest BCUT2D eigenvalue weighted by Gasteiger charge is -2.30. The Labute approximate surface area is 134 Å². The van der Waals surface area contributed by atoms with Crippen molar-refractivity contribution in [1.82, 2.24) is 5.32 Å². The molecule has 21 heavy (non-hydrogen) atoms. The van der Waals surface area contributed by atoms with Crippen molar-refractivity contribution in [3.63, 3.8) is 0 Å². The molecule has 0 aliphatic carbocycles. The molecule has 2 unspecified atom stereocenters. The maximum atomic E-state index is 12.1. The van der Waals surface area contributed by atoms with Gasteiger partial charge in [-0.2, -0.15) is 11.8 Å². The minimum absolute atomic E-state index is 0.153. The molecule has 2 N–H and O–H groups in total. The van der Waals surface area contributed by atoms with Crippen molar-refractivity contribution in [2.45, 2.75) is 65.5 Å². The Hall–Kier alpha value is -0.260. The number of thioether (sulfide) groups is 1. The van der Waals surface area contributed by atoms with E-state index in [0.29, 0.717) is 12.5 Å². The highest BCUT2D eigenvalue weighted by atomic mass is 32.2. The van der Waals surface area contributed by atoms with Crippen LogP contribution in [0.15, 0.2) is 0 Å². The third kappa shape index (κ3) is 9.38. The van der Waals surface area contributed by atoms with E-state index in [1.54, 1.807) is 0 Å². The highest BCUT2D eigenvalue weighted by Gasteiger charge is 2.34. The summed E-state index contributed by atoms with van der Waals surface area (Å²) in [7, 11) is 0. The van der Waals surface area contributed by atoms with Crippen molar-refractivity contribution < 1.29 is 14.6 Å². The van der Waals surface area contributed by atoms with Crippen molar-refractivity contribution in [3.8, 4) is 0 Å². The minimum Gasteiger partial charge on any atom is -0.465 e. The normalized spacial score (nSPS) is 15.8. The molecule has 0 fully saturated rings. The summed E-state index contributed by atoms with van der Waals surface area (Å²) in [4.78, 5) is 12.1. The summed E-state index contributed by atoms with van der Waals surface area (Å²) in [6.45, 7) is 10.6. The van der Waals surface area contributed by atoms with Gasteiger partial charge < -0.3 is 9.84 Å². The Bertz CT molecular complexity index is 287. The van der Waals surface area contributed by atoms with Crippen molar-refractivity contribution in [2.24, 2.45) is 5.92 Å². The van der Waals surface area contributed by atoms with Gasteiger partial charge in [0.2, 0.25) is 0 Å². The molecule has 0 saturated heterocycles. The van der Waals surface area contributed by atoms with Gasteiger partial charge in [0, 0.05) is 12.6 Å². The van der Waals surface area contributed by atoms with E-state index in [2.05, 4.69) is 12.2 Å². The first-order valence-corrected chi connectivity index (χ1v) is 9.14. The number of aliphatic hydroxyl groups excluding tert-OH is 1. The first-order valence-electron chi connectivity index (χ1n) is 7.99. The van der Waals surface area contributed by atoms with Gasteiger partial charge in [-0.15, -0.1) is 0 Å². The third-order valence-corrected chi connectivity index (χ3v) is 4.64. The standard InChI is InChI=1S/C16H33NO3S/c1-6-20-15(19)16(5,17-13(2)3)9-7-8-10-21-12-14(4)11-18/h13-14,17-18H,6-12H2,1-5H3. The van der Waals surface area contributed by atoms with Crippen LogP contribution in [-0.4, -0.2) is 47.4 Å². The first-order chi connectivity index (χ1) is 9.85. The Morgan fingerprint density at radius 2 is 2.00 bits per heavy atom. The second-order valence-electron chi connectivity index (χ2n) is 6.17. The van der Waals surface area contributed by atoms with E-state index in [4.69, 9.17) is 9.84 Å². The predicted molar refractivity (Wildman–Crippen MR) is 90.7 cm³/mol. The highest BCUT2D eigenvalue weighted by molar-refractivity contribution is 7.99. The van der Waals surface area contributed by atoms with Gasteiger partial charge in [0.1, 0.15) is 5.54 Å². The molecule has 0 aromatic heterocycles. The maximum absolute atomic E-state index is 12.1. The van der Waals surface area contributed by atoms with Gasteiger partial charge in [-0.05, 0) is 58.0 Å². The second-order valence-corrected chi connectivity index (χ2v) is 7.32. The summed E-state index contributed by atoms with van der Waals surface area (Å²) in [6, 6.07) is 0.249. The van der Waals surface area contributed by atoms with Crippen LogP contribution in [0.3, 0.4) is 0 Å². The molecule has 0 aromatic carbocycles. The molecule has 0 rings (SSSR count). The Balaban J connectivity index is 4.10. The predicted octanol–water partition coefficient (Wildman–Crippen LogP) is 2.84. The molecule has 2 atom stereocenters. The fourth-order valence-electron chi connectivity index (χ4n) is 2.18. The number of ether oxygens (including phenoxy) is 1. The molecule has 0 amide bonds. The number of carbonyl (C=O) groups is 1. The molecule has 0 heterocycles. The summed E-state index contributed by atoms with van der Waals surface area (Å²) in [5.74, 6) is 2.28. The van der Waals surface area contributed by atoms with E-state index >= 15 is 0 Å². The van der Waals surface area contributed by atoms with Crippen molar-refractivity contribution in [2.75, 3.05) is 24.7 Å². The van der Waals surface area contributed by atoms with Gasteiger partial charge in [0.05, 0.1) is 6.61 Å². The molecule has 0 radical (unpaired) electrons. The molecule has 0 spiro atoms. The molecule has 0 bridgehead atoms. The number of nitrogens with one attached hydrogen (secondary N) is 1. The van der Waals surface area contributed by atoms with Crippen LogP contribution in [0.25, 0.3) is 0 Å². The summed E-state index contributed by atoms with van der Waals surface area (Å²) in [5.41, 5.74) is -0.590. The summed E-state index contributed by atoms with van der Waals surface area (Å²) in [6.07, 6.45) is 2.87. The van der Waals surface area contributed by atoms with E-state index in [1.807, 2.05) is 39.5 Å². The van der Waals surface area contributed by atoms with Gasteiger partial charge in [0.25, 0.3) is 0 Å². The fourth-order valence-corrected chi connectivity index (χ4v) is 3.26. The summed E-state index contributed by atoms with van der Waals surface area (Å²) >= 11 is 1.87. The average molecular weight is 320 g/mol. The smallest absolute Gasteiger partial charge is 0.326 e. The number of unbranched alkanes of at least 4 members (excludes halogenated alkanes) is 1. The summed E-state index contributed by atoms with van der Waals surface area (Å²) in [5, 5.41) is 12.3. The molecule has 0 saturated carbocycles. The SMILES string of the molecule is CCOC(=O)C(C)(CCCCSCC(C)CO)NC(C)C. The van der Waals surface area contributed by atoms with Crippen LogP contribution >= 0.6 is 11.8 Å². The minimum atomic E-state index is -0.590. The molecular formula is C16H33NO3S. The van der Waals surface area contributed by atoms with Crippen LogP contribution in [0.1, 0.15) is 53.9 Å². The van der Waals surface area contributed by atoms with E-state index in [0.717, 1.165) is 30.8 Å². The van der Waals surface area contributed by atoms with Gasteiger partial charge in [-0.25, -0.2) is 0 Å². The topological polar surface area (TPSA) is 58.6 Å². The molecule has 0 aliphatic rings. The lowest BCUT2D eigenvalue weighted by molar-refractivity contribution is -0.151. The number of hydrogen-bond donors (Lipinski definition) is 2. The highest BCUT2D eigenvalue weighted by Crippen LogP contribution is 2.19. The first kappa shape index (κ1) is 20.7. The van der Waals surface area contributed by atoms with Crippen molar-refractivity contribution >= 4 is 17.7 Å². The van der Waals surface area contributed by atoms with E-state index < -0.39 is 5.54 Å². The second kappa shape index (κ2) is 11.3. The molecule has 0 aliphatic heterocycles. The average Bonchev–Trinajstić information content (AvgIpc) is 2.41. The number of rotatable bonds is 12. The van der Waals surface area contributed by atoms with E-state index in [9.17, 15) is 4.79 Å². The largest absolute Gasteiger partial charge is 0.465 e. The fraction of sp³-hybridized carbons (Fsp3) is 0.938. The van der Waals surface area contributed by atoms with Gasteiger partial charge in [-0.3, -0.25) is 10.1 Å². The number of hydrogen-bond acceptors (Lipinski definition) is 5. The quantitative estimate of drug-likeness (QED) is 0.428. The lowest BCUT2D eigenvalue weighted by atomic mass is 9.94. The Morgan fingerprint density at radius 1 is 1.33 bits per heavy atom. The third-order valence-electron chi connectivity index (χ3n) is 3.26. The van der Waals surface area contributed by atoms with Crippen LogP contribution < -0.4 is 5.32 Å². The van der Waals surface area contributed by atoms with E-state index in [-0.39, 0.29) is 18.6 Å². The van der Waals surface area contributed by atoms with Crippen LogP contribution in [-0.2, 0) is 9.53 Å². The van der Waals surface area contributed by atoms with Gasteiger partial charge >= 0.3 is 5.97 Å². The molecule has 126 valence electrons. The van der Waals surface area contributed by atoms with Crippen molar-refractivity contribution in [1.29, 1.82) is 0 Å². The van der Waals surface area contributed by atoms with E-state index in [1.165, 1.54) is 0 Å². The zero-order valence-electron chi connectivity index (χ0n) is 14.3. The number of aliphatic hydroxyl groups is 1. The molecular weight excluding hydrogens is 286 g/mol. The monoisotopic (exact) mass is 319 g/mol. The number of esters is 1. The Morgan fingerprint density at radius 3 is 2.52 bits per heavy atom. The zero-order chi connectivity index (χ0) is 16.3. The maximum Gasteiger partial charge on any atom is 0.326 e. The molecule has 4 nitrogen and oxygen atoms in total.